The maximum Gasteiger partial charge on any atom is 0.206 e. The van der Waals surface area contributed by atoms with Crippen LogP contribution in [-0.2, 0) is 0 Å². The summed E-state index contributed by atoms with van der Waals surface area (Å²) in [5, 5.41) is 24.9. The molecule has 0 aromatic carbocycles. The summed E-state index contributed by atoms with van der Waals surface area (Å²) in [7, 11) is 0. The average Bonchev–Trinajstić information content (AvgIpc) is 3.23. The lowest BCUT2D eigenvalue weighted by molar-refractivity contribution is 0.951. The highest BCUT2D eigenvalue weighted by atomic mass is 32.2. The Hall–Kier alpha value is -0.840. The first-order valence-electron chi connectivity index (χ1n) is 7.87. The van der Waals surface area contributed by atoms with Crippen molar-refractivity contribution >= 4 is 56.5 Å². The van der Waals surface area contributed by atoms with Crippen molar-refractivity contribution in [2.45, 2.75) is 35.4 Å². The quantitative estimate of drug-likeness (QED) is 0.398. The second-order valence-electron chi connectivity index (χ2n) is 4.69. The first-order chi connectivity index (χ1) is 11.8. The Bertz CT molecular complexity index is 560. The molecule has 0 bridgehead atoms. The van der Waals surface area contributed by atoms with Gasteiger partial charge in [0.25, 0.3) is 0 Å². The minimum absolute atomic E-state index is 0.905. The van der Waals surface area contributed by atoms with Crippen LogP contribution in [0.25, 0.3) is 0 Å². The van der Waals surface area contributed by atoms with Gasteiger partial charge in [-0.15, -0.1) is 20.4 Å². The van der Waals surface area contributed by atoms with Gasteiger partial charge in [-0.25, -0.2) is 0 Å². The van der Waals surface area contributed by atoms with Gasteiger partial charge in [0.2, 0.25) is 10.3 Å². The summed E-state index contributed by atoms with van der Waals surface area (Å²) in [6, 6.07) is 0. The van der Waals surface area contributed by atoms with Crippen LogP contribution in [0.3, 0.4) is 0 Å². The Morgan fingerprint density at radius 1 is 0.792 bits per heavy atom. The molecule has 0 aliphatic rings. The molecule has 2 rings (SSSR count). The van der Waals surface area contributed by atoms with Crippen LogP contribution in [0.15, 0.2) is 20.8 Å². The van der Waals surface area contributed by atoms with E-state index in [9.17, 15) is 0 Å². The molecule has 0 spiro atoms. The molecular weight excluding hydrogens is 380 g/mol. The van der Waals surface area contributed by atoms with Crippen molar-refractivity contribution in [2.24, 2.45) is 0 Å². The van der Waals surface area contributed by atoms with Crippen molar-refractivity contribution in [3.8, 4) is 0 Å². The zero-order valence-electron chi connectivity index (χ0n) is 13.8. The molecule has 6 nitrogen and oxygen atoms in total. The number of hydrogen-bond donors (Lipinski definition) is 2. The smallest absolute Gasteiger partial charge is 0.206 e. The van der Waals surface area contributed by atoms with Gasteiger partial charge in [0.1, 0.15) is 0 Å². The first kappa shape index (κ1) is 19.5. The van der Waals surface area contributed by atoms with Gasteiger partial charge >= 0.3 is 0 Å². The lowest BCUT2D eigenvalue weighted by atomic mass is 10.5. The molecule has 10 heteroatoms. The first-order valence-corrected chi connectivity index (χ1v) is 11.5. The van der Waals surface area contributed by atoms with Crippen LogP contribution in [-0.4, -0.2) is 45.0 Å². The van der Waals surface area contributed by atoms with E-state index in [1.807, 2.05) is 0 Å². The summed E-state index contributed by atoms with van der Waals surface area (Å²) in [6.45, 7) is 6.16. The van der Waals surface area contributed by atoms with Crippen LogP contribution in [0.5, 0.6) is 0 Å². The number of thioether (sulfide) groups is 2. The van der Waals surface area contributed by atoms with E-state index in [0.29, 0.717) is 0 Å². The fourth-order valence-electron chi connectivity index (χ4n) is 1.52. The van der Waals surface area contributed by atoms with E-state index in [-0.39, 0.29) is 0 Å². The minimum Gasteiger partial charge on any atom is -0.360 e. The Balaban J connectivity index is 1.60. The molecule has 0 amide bonds. The summed E-state index contributed by atoms with van der Waals surface area (Å²) < 4.78 is 2.00. The number of rotatable bonds is 12. The number of nitrogens with zero attached hydrogens (tertiary/aromatic N) is 4. The van der Waals surface area contributed by atoms with Gasteiger partial charge in [-0.1, -0.05) is 72.2 Å². The molecular formula is C14H22N6S4. The fraction of sp³-hybridized carbons (Fsp3) is 0.571. The predicted molar refractivity (Wildman–Crippen MR) is 108 cm³/mol. The largest absolute Gasteiger partial charge is 0.360 e. The third-order valence-corrected chi connectivity index (χ3v) is 6.57. The molecule has 0 saturated heterocycles. The molecule has 0 unspecified atom stereocenters. The highest BCUT2D eigenvalue weighted by molar-refractivity contribution is 8.01. The van der Waals surface area contributed by atoms with Gasteiger partial charge < -0.3 is 10.6 Å². The SMILES string of the molecule is CCCNc1nnc(SC/C=C/CSc2nnc(NCCC)s2)s1. The number of hydrogen-bond acceptors (Lipinski definition) is 10. The van der Waals surface area contributed by atoms with Gasteiger partial charge in [-0.2, -0.15) is 0 Å². The van der Waals surface area contributed by atoms with E-state index in [4.69, 9.17) is 0 Å². The third-order valence-electron chi connectivity index (χ3n) is 2.64. The summed E-state index contributed by atoms with van der Waals surface area (Å²) in [4.78, 5) is 0. The zero-order chi connectivity index (χ0) is 17.0. The lowest BCUT2D eigenvalue weighted by Gasteiger charge is -1.95. The number of anilines is 2. The highest BCUT2D eigenvalue weighted by Gasteiger charge is 2.03. The normalized spacial score (nSPS) is 11.2. The molecule has 0 aliphatic carbocycles. The topological polar surface area (TPSA) is 75.6 Å². The molecule has 0 aliphatic heterocycles. The zero-order valence-corrected chi connectivity index (χ0v) is 17.1. The summed E-state index contributed by atoms with van der Waals surface area (Å²) in [5.41, 5.74) is 0. The second kappa shape index (κ2) is 11.7. The molecule has 2 aromatic rings. The van der Waals surface area contributed by atoms with E-state index < -0.39 is 0 Å². The van der Waals surface area contributed by atoms with Crippen LogP contribution in [0.2, 0.25) is 0 Å². The monoisotopic (exact) mass is 402 g/mol. The highest BCUT2D eigenvalue weighted by Crippen LogP contribution is 2.27. The molecule has 2 N–H and O–H groups in total. The molecule has 0 fully saturated rings. The fourth-order valence-corrected chi connectivity index (χ4v) is 4.82. The Morgan fingerprint density at radius 3 is 1.67 bits per heavy atom. The van der Waals surface area contributed by atoms with E-state index in [2.05, 4.69) is 57.0 Å². The van der Waals surface area contributed by atoms with Crippen molar-refractivity contribution in [1.82, 2.24) is 20.4 Å². The van der Waals surface area contributed by atoms with E-state index in [1.165, 1.54) is 0 Å². The molecule has 0 atom stereocenters. The van der Waals surface area contributed by atoms with Crippen LogP contribution in [0.4, 0.5) is 10.3 Å². The van der Waals surface area contributed by atoms with E-state index in [0.717, 1.165) is 56.4 Å². The minimum atomic E-state index is 0.905. The van der Waals surface area contributed by atoms with Crippen LogP contribution >= 0.6 is 46.2 Å². The molecule has 2 aromatic heterocycles. The van der Waals surface area contributed by atoms with Gasteiger partial charge in [0.05, 0.1) is 0 Å². The van der Waals surface area contributed by atoms with Crippen molar-refractivity contribution < 1.29 is 0 Å². The molecule has 132 valence electrons. The summed E-state index contributed by atoms with van der Waals surface area (Å²) in [5.74, 6) is 1.81. The van der Waals surface area contributed by atoms with Gasteiger partial charge in [0, 0.05) is 24.6 Å². The van der Waals surface area contributed by atoms with Crippen molar-refractivity contribution in [3.05, 3.63) is 12.2 Å². The Labute approximate surface area is 159 Å². The second-order valence-corrected chi connectivity index (χ2v) is 9.18. The maximum absolute atomic E-state index is 4.17. The maximum atomic E-state index is 4.17. The lowest BCUT2D eigenvalue weighted by Crippen LogP contribution is -1.98. The molecule has 0 saturated carbocycles. The Morgan fingerprint density at radius 2 is 1.25 bits per heavy atom. The Kier molecular flexibility index (Phi) is 9.47. The summed E-state index contributed by atoms with van der Waals surface area (Å²) >= 11 is 6.63. The van der Waals surface area contributed by atoms with Crippen molar-refractivity contribution in [2.75, 3.05) is 35.2 Å². The van der Waals surface area contributed by atoms with Crippen LogP contribution in [0, 0.1) is 0 Å². The van der Waals surface area contributed by atoms with Gasteiger partial charge in [-0.05, 0) is 12.8 Å². The number of aromatic nitrogens is 4. The molecule has 0 radical (unpaired) electrons. The van der Waals surface area contributed by atoms with Crippen LogP contribution < -0.4 is 10.6 Å². The van der Waals surface area contributed by atoms with E-state index in [1.54, 1.807) is 46.2 Å². The molecule has 24 heavy (non-hydrogen) atoms. The van der Waals surface area contributed by atoms with Crippen molar-refractivity contribution in [1.29, 1.82) is 0 Å². The van der Waals surface area contributed by atoms with Crippen molar-refractivity contribution in [3.63, 3.8) is 0 Å². The third kappa shape index (κ3) is 7.37. The predicted octanol–water partition coefficient (Wildman–Crippen LogP) is 4.47. The molecule has 2 heterocycles. The average molecular weight is 403 g/mol. The van der Waals surface area contributed by atoms with Crippen LogP contribution in [0.1, 0.15) is 26.7 Å². The number of nitrogens with one attached hydrogen (secondary N) is 2. The summed E-state index contributed by atoms with van der Waals surface area (Å²) in [6.07, 6.45) is 6.51. The van der Waals surface area contributed by atoms with E-state index >= 15 is 0 Å². The van der Waals surface area contributed by atoms with Gasteiger partial charge in [-0.3, -0.25) is 0 Å². The van der Waals surface area contributed by atoms with Gasteiger partial charge in [0.15, 0.2) is 8.68 Å². The standard InChI is InChI=1S/C14H22N6S4/c1-3-7-15-11-17-19-13(23-11)21-9-5-6-10-22-14-20-18-12(24-14)16-8-4-2/h5-6H,3-4,7-10H2,1-2H3,(H,15,17)(H,16,18)/b6-5+.